The Kier molecular flexibility index (Phi) is 6.21. The van der Waals surface area contributed by atoms with Crippen LogP contribution in [0.2, 0.25) is 0 Å². The zero-order valence-corrected chi connectivity index (χ0v) is 21.0. The van der Waals surface area contributed by atoms with E-state index in [1.807, 2.05) is 24.5 Å². The first kappa shape index (κ1) is 23.3. The molecule has 0 spiro atoms. The highest BCUT2D eigenvalue weighted by atomic mass is 14.7. The number of benzene rings is 2. The van der Waals surface area contributed by atoms with Crippen LogP contribution in [0.25, 0.3) is 47.6 Å². The van der Waals surface area contributed by atoms with Crippen molar-refractivity contribution < 1.29 is 0 Å². The van der Waals surface area contributed by atoms with Crippen molar-refractivity contribution in [1.29, 1.82) is 0 Å². The predicted molar refractivity (Wildman–Crippen MR) is 162 cm³/mol. The first-order valence-corrected chi connectivity index (χ1v) is 12.6. The van der Waals surface area contributed by atoms with E-state index in [0.717, 1.165) is 44.8 Å². The van der Waals surface area contributed by atoms with Gasteiger partial charge in [-0.1, -0.05) is 98.1 Å². The van der Waals surface area contributed by atoms with E-state index in [2.05, 4.69) is 122 Å². The maximum absolute atomic E-state index is 4.77. The molecule has 4 aliphatic rings. The van der Waals surface area contributed by atoms with Gasteiger partial charge in [0.25, 0.3) is 0 Å². The summed E-state index contributed by atoms with van der Waals surface area (Å²) in [5.74, 6) is 0. The lowest BCUT2D eigenvalue weighted by molar-refractivity contribution is 1.32. The molecule has 2 nitrogen and oxygen atoms in total. The third-order valence-electron chi connectivity index (χ3n) is 6.90. The average Bonchev–Trinajstić information content (AvgIpc) is 3.09. The van der Waals surface area contributed by atoms with E-state index in [0.29, 0.717) is 0 Å². The van der Waals surface area contributed by atoms with Crippen molar-refractivity contribution in [3.05, 3.63) is 166 Å². The molecule has 38 heavy (non-hydrogen) atoms. The number of fused-ring (bicyclic) bond motifs is 3. The smallest absolute Gasteiger partial charge is 0.0715 e. The monoisotopic (exact) mass is 486 g/mol. The van der Waals surface area contributed by atoms with Crippen LogP contribution >= 0.6 is 0 Å². The maximum Gasteiger partial charge on any atom is 0.0715 e. The summed E-state index contributed by atoms with van der Waals surface area (Å²) in [5, 5.41) is 0. The summed E-state index contributed by atoms with van der Waals surface area (Å²) in [4.78, 5) is 9.48. The van der Waals surface area contributed by atoms with Crippen LogP contribution in [0.3, 0.4) is 0 Å². The first-order chi connectivity index (χ1) is 18.7. The molecule has 0 saturated carbocycles. The van der Waals surface area contributed by atoms with Gasteiger partial charge in [-0.25, -0.2) is 0 Å². The lowest BCUT2D eigenvalue weighted by Gasteiger charge is -2.03. The Hall–Kier alpha value is -5.08. The van der Waals surface area contributed by atoms with Gasteiger partial charge >= 0.3 is 0 Å². The number of allylic oxidation sites excluding steroid dienone is 8. The molecule has 6 rings (SSSR count). The van der Waals surface area contributed by atoms with Crippen LogP contribution in [0.5, 0.6) is 0 Å². The third kappa shape index (κ3) is 4.56. The normalized spacial score (nSPS) is 16.3. The van der Waals surface area contributed by atoms with Crippen molar-refractivity contribution in [2.75, 3.05) is 0 Å². The standard InChI is InChI=1S/C36H26N2/c1-3-25-19-29-11-7-5-9-27(29)13-15-31(25)21-34-17-18-35-33(23-37-34)24-38-36(35)22-32-16-14-28-10-6-8-12-30(28)20-26(32)4-2/h3-24H,1-2H2/b31-21+,32-22+. The second kappa shape index (κ2) is 10.1. The zero-order valence-electron chi connectivity index (χ0n) is 21.0. The third-order valence-corrected chi connectivity index (χ3v) is 6.90. The van der Waals surface area contributed by atoms with E-state index >= 15 is 0 Å². The highest BCUT2D eigenvalue weighted by molar-refractivity contribution is 5.84. The molecular formula is C36H26N2. The van der Waals surface area contributed by atoms with Crippen molar-refractivity contribution in [3.63, 3.8) is 0 Å². The second-order valence-electron chi connectivity index (χ2n) is 9.26. The molecule has 2 aromatic carbocycles. The van der Waals surface area contributed by atoms with Gasteiger partial charge in [0.05, 0.1) is 11.4 Å². The van der Waals surface area contributed by atoms with Gasteiger partial charge in [-0.15, -0.1) is 0 Å². The van der Waals surface area contributed by atoms with Gasteiger partial charge in [-0.3, -0.25) is 9.97 Å². The second-order valence-corrected chi connectivity index (χ2v) is 9.26. The Morgan fingerprint density at radius 2 is 1.11 bits per heavy atom. The van der Waals surface area contributed by atoms with Crippen molar-refractivity contribution in [2.45, 2.75) is 0 Å². The largest absolute Gasteiger partial charge is 0.256 e. The van der Waals surface area contributed by atoms with E-state index in [1.165, 1.54) is 22.3 Å². The van der Waals surface area contributed by atoms with Crippen LogP contribution in [0, 0.1) is 0 Å². The van der Waals surface area contributed by atoms with Crippen molar-refractivity contribution in [2.24, 2.45) is 0 Å². The van der Waals surface area contributed by atoms with Crippen LogP contribution < -0.4 is 0 Å². The van der Waals surface area contributed by atoms with E-state index < -0.39 is 0 Å². The molecule has 2 aliphatic carbocycles. The summed E-state index contributed by atoms with van der Waals surface area (Å²) in [5.41, 5.74) is 12.8. The average molecular weight is 487 g/mol. The van der Waals surface area contributed by atoms with Crippen LogP contribution in [0.15, 0.2) is 133 Å². The molecule has 0 saturated heterocycles. The van der Waals surface area contributed by atoms with Gasteiger partial charge in [0, 0.05) is 23.5 Å². The highest BCUT2D eigenvalue weighted by Crippen LogP contribution is 2.32. The summed E-state index contributed by atoms with van der Waals surface area (Å²) in [7, 11) is 0. The Bertz CT molecular complexity index is 1740. The highest BCUT2D eigenvalue weighted by Gasteiger charge is 2.13. The molecule has 0 amide bonds. The number of hydrogen-bond donors (Lipinski definition) is 0. The fourth-order valence-corrected chi connectivity index (χ4v) is 4.83. The van der Waals surface area contributed by atoms with Crippen LogP contribution in [-0.2, 0) is 0 Å². The number of rotatable bonds is 4. The summed E-state index contributed by atoms with van der Waals surface area (Å²) in [6, 6.07) is 20.9. The molecule has 0 atom stereocenters. The number of hydrogen-bond acceptors (Lipinski definition) is 2. The van der Waals surface area contributed by atoms with Crippen molar-refractivity contribution in [1.82, 2.24) is 9.97 Å². The van der Waals surface area contributed by atoms with Crippen LogP contribution in [0.1, 0.15) is 33.6 Å². The SMILES string of the molecule is C=CC1=Cc2ccccc2C=C/C1=C\c1ccc2c(/C=C3\C=Cc4ccccc4C=C3C=C)ncc-2cn1. The van der Waals surface area contributed by atoms with Gasteiger partial charge in [-0.05, 0) is 81.0 Å². The van der Waals surface area contributed by atoms with E-state index in [4.69, 9.17) is 9.97 Å². The van der Waals surface area contributed by atoms with Gasteiger partial charge in [-0.2, -0.15) is 0 Å². The Balaban J connectivity index is 1.38. The van der Waals surface area contributed by atoms with E-state index in [-0.39, 0.29) is 0 Å². The fourth-order valence-electron chi connectivity index (χ4n) is 4.83. The molecule has 180 valence electrons. The first-order valence-electron chi connectivity index (χ1n) is 12.6. The minimum absolute atomic E-state index is 0.870. The van der Waals surface area contributed by atoms with Crippen LogP contribution in [-0.4, -0.2) is 9.97 Å². The molecule has 0 bridgehead atoms. The quantitative estimate of drug-likeness (QED) is 0.288. The van der Waals surface area contributed by atoms with Crippen LogP contribution in [0.4, 0.5) is 0 Å². The predicted octanol–water partition coefficient (Wildman–Crippen LogP) is 8.94. The molecule has 0 unspecified atom stereocenters. The number of nitrogens with zero attached hydrogens (tertiary/aromatic N) is 2. The van der Waals surface area contributed by atoms with Gasteiger partial charge in [0.1, 0.15) is 0 Å². The van der Waals surface area contributed by atoms with Gasteiger partial charge in [0.2, 0.25) is 0 Å². The van der Waals surface area contributed by atoms with E-state index in [9.17, 15) is 0 Å². The summed E-state index contributed by atoms with van der Waals surface area (Å²) >= 11 is 0. The molecule has 0 N–H and O–H groups in total. The molecular weight excluding hydrogens is 460 g/mol. The molecule has 2 aliphatic heterocycles. The minimum atomic E-state index is 0.870. The zero-order chi connectivity index (χ0) is 25.9. The lowest BCUT2D eigenvalue weighted by atomic mass is 10.0. The molecule has 2 heteroatoms. The van der Waals surface area contributed by atoms with Gasteiger partial charge < -0.3 is 0 Å². The lowest BCUT2D eigenvalue weighted by Crippen LogP contribution is -1.84. The molecule has 2 heterocycles. The topological polar surface area (TPSA) is 25.8 Å². The summed E-state index contributed by atoms with van der Waals surface area (Å²) < 4.78 is 0. The number of aromatic nitrogens is 2. The van der Waals surface area contributed by atoms with Crippen molar-refractivity contribution in [3.8, 4) is 11.1 Å². The summed E-state index contributed by atoms with van der Waals surface area (Å²) in [6.07, 6.45) is 24.7. The van der Waals surface area contributed by atoms with Gasteiger partial charge in [0.15, 0.2) is 0 Å². The summed E-state index contributed by atoms with van der Waals surface area (Å²) in [6.45, 7) is 8.10. The minimum Gasteiger partial charge on any atom is -0.256 e. The molecule has 0 aromatic heterocycles. The van der Waals surface area contributed by atoms with E-state index in [1.54, 1.807) is 0 Å². The molecule has 2 aromatic rings. The fraction of sp³-hybridized carbons (Fsp3) is 0. The van der Waals surface area contributed by atoms with Crippen molar-refractivity contribution >= 4 is 36.5 Å². The maximum atomic E-state index is 4.77. The Morgan fingerprint density at radius 3 is 1.71 bits per heavy atom. The Labute approximate surface area is 223 Å². The Morgan fingerprint density at radius 1 is 0.553 bits per heavy atom. The molecule has 0 radical (unpaired) electrons. The molecule has 0 fully saturated rings.